The van der Waals surface area contributed by atoms with E-state index < -0.39 is 0 Å². The van der Waals surface area contributed by atoms with Crippen molar-refractivity contribution < 1.29 is 9.59 Å². The fraction of sp³-hybridized carbons (Fsp3) is 0.364. The maximum Gasteiger partial charge on any atom is 0.231 e. The fourth-order valence-electron chi connectivity index (χ4n) is 3.43. The fourth-order valence-corrected chi connectivity index (χ4v) is 3.43. The molecule has 0 fully saturated rings. The SMILES string of the molecule is CNCC(C)C(=O)Nc1ccc(CC(=O)N2CCCc3ccccc32)cc1.Cl. The molecular weight excluding hydrogens is 374 g/mol. The molecule has 0 aromatic heterocycles. The summed E-state index contributed by atoms with van der Waals surface area (Å²) in [4.78, 5) is 26.8. The summed E-state index contributed by atoms with van der Waals surface area (Å²) in [5, 5.41) is 5.91. The Balaban J connectivity index is 0.00000280. The summed E-state index contributed by atoms with van der Waals surface area (Å²) in [6, 6.07) is 15.7. The van der Waals surface area contributed by atoms with E-state index in [-0.39, 0.29) is 30.1 Å². The number of nitrogens with zero attached hydrogens (tertiary/aromatic N) is 1. The number of benzene rings is 2. The number of anilines is 2. The smallest absolute Gasteiger partial charge is 0.231 e. The van der Waals surface area contributed by atoms with Crippen molar-refractivity contribution in [2.45, 2.75) is 26.2 Å². The number of nitrogens with one attached hydrogen (secondary N) is 2. The predicted molar refractivity (Wildman–Crippen MR) is 116 cm³/mol. The Kier molecular flexibility index (Phi) is 8.03. The van der Waals surface area contributed by atoms with E-state index in [2.05, 4.69) is 16.7 Å². The van der Waals surface area contributed by atoms with E-state index >= 15 is 0 Å². The monoisotopic (exact) mass is 401 g/mol. The number of aryl methyl sites for hydroxylation is 1. The molecule has 1 atom stereocenters. The second kappa shape index (κ2) is 10.2. The lowest BCUT2D eigenvalue weighted by atomic mass is 10.0. The van der Waals surface area contributed by atoms with Gasteiger partial charge in [-0.3, -0.25) is 9.59 Å². The van der Waals surface area contributed by atoms with E-state index in [1.54, 1.807) is 0 Å². The molecule has 1 aliphatic rings. The van der Waals surface area contributed by atoms with Crippen LogP contribution in [0.3, 0.4) is 0 Å². The van der Waals surface area contributed by atoms with Crippen molar-refractivity contribution in [1.82, 2.24) is 5.32 Å². The van der Waals surface area contributed by atoms with Gasteiger partial charge in [0, 0.05) is 30.4 Å². The molecule has 0 spiro atoms. The molecule has 2 amide bonds. The molecule has 2 aromatic rings. The summed E-state index contributed by atoms with van der Waals surface area (Å²) in [6.45, 7) is 3.29. The van der Waals surface area contributed by atoms with Crippen LogP contribution in [0, 0.1) is 5.92 Å². The molecule has 2 N–H and O–H groups in total. The lowest BCUT2D eigenvalue weighted by Gasteiger charge is -2.29. The Labute approximate surface area is 172 Å². The topological polar surface area (TPSA) is 61.4 Å². The average molecular weight is 402 g/mol. The van der Waals surface area contributed by atoms with E-state index in [0.717, 1.165) is 36.3 Å². The molecule has 28 heavy (non-hydrogen) atoms. The van der Waals surface area contributed by atoms with Crippen LogP contribution in [0.15, 0.2) is 48.5 Å². The van der Waals surface area contributed by atoms with Crippen molar-refractivity contribution >= 4 is 35.6 Å². The Morgan fingerprint density at radius 2 is 1.82 bits per heavy atom. The van der Waals surface area contributed by atoms with Gasteiger partial charge in [-0.25, -0.2) is 0 Å². The number of halogens is 1. The standard InChI is InChI=1S/C22H27N3O2.ClH/c1-16(15-23-2)22(27)24-19-11-9-17(10-12-19)14-21(26)25-13-5-7-18-6-3-4-8-20(18)25;/h3-4,6,8-12,16,23H,5,7,13-15H2,1-2H3,(H,24,27);1H. The summed E-state index contributed by atoms with van der Waals surface area (Å²) in [6.07, 6.45) is 2.39. The van der Waals surface area contributed by atoms with Gasteiger partial charge >= 0.3 is 0 Å². The van der Waals surface area contributed by atoms with Crippen molar-refractivity contribution in [2.75, 3.05) is 30.4 Å². The van der Waals surface area contributed by atoms with E-state index in [4.69, 9.17) is 0 Å². The van der Waals surface area contributed by atoms with Crippen LogP contribution in [0.1, 0.15) is 24.5 Å². The van der Waals surface area contributed by atoms with Crippen LogP contribution in [-0.2, 0) is 22.4 Å². The number of carbonyl (C=O) groups excluding carboxylic acids is 2. The molecule has 5 nitrogen and oxygen atoms in total. The second-order valence-electron chi connectivity index (χ2n) is 7.10. The van der Waals surface area contributed by atoms with Crippen molar-refractivity contribution in [2.24, 2.45) is 5.92 Å². The first-order valence-electron chi connectivity index (χ1n) is 9.51. The molecule has 150 valence electrons. The number of hydrogen-bond donors (Lipinski definition) is 2. The number of fused-ring (bicyclic) bond motifs is 1. The number of amides is 2. The Bertz CT molecular complexity index is 808. The van der Waals surface area contributed by atoms with Crippen molar-refractivity contribution in [3.63, 3.8) is 0 Å². The maximum atomic E-state index is 12.8. The minimum Gasteiger partial charge on any atom is -0.326 e. The first-order chi connectivity index (χ1) is 13.1. The second-order valence-corrected chi connectivity index (χ2v) is 7.10. The first-order valence-corrected chi connectivity index (χ1v) is 9.51. The zero-order chi connectivity index (χ0) is 19.2. The molecule has 1 heterocycles. The molecule has 0 saturated heterocycles. The molecule has 0 bridgehead atoms. The van der Waals surface area contributed by atoms with E-state index in [9.17, 15) is 9.59 Å². The summed E-state index contributed by atoms with van der Waals surface area (Å²) < 4.78 is 0. The quantitative estimate of drug-likeness (QED) is 0.779. The normalized spacial score (nSPS) is 13.9. The Morgan fingerprint density at radius 1 is 1.11 bits per heavy atom. The molecule has 1 aliphatic heterocycles. The molecule has 0 aliphatic carbocycles. The summed E-state index contributed by atoms with van der Waals surface area (Å²) in [5.41, 5.74) is 3.98. The third-order valence-corrected chi connectivity index (χ3v) is 4.95. The van der Waals surface area contributed by atoms with Gasteiger partial charge < -0.3 is 15.5 Å². The maximum absolute atomic E-state index is 12.8. The van der Waals surface area contributed by atoms with Gasteiger partial charge in [-0.15, -0.1) is 12.4 Å². The van der Waals surface area contributed by atoms with E-state index in [0.29, 0.717) is 13.0 Å². The summed E-state index contributed by atoms with van der Waals surface area (Å²) in [5.74, 6) is -0.00454. The van der Waals surface area contributed by atoms with Gasteiger partial charge in [0.2, 0.25) is 11.8 Å². The number of para-hydroxylation sites is 1. The third kappa shape index (κ3) is 5.33. The molecule has 1 unspecified atom stereocenters. The largest absolute Gasteiger partial charge is 0.326 e. The van der Waals surface area contributed by atoms with Crippen LogP contribution < -0.4 is 15.5 Å². The van der Waals surface area contributed by atoms with E-state index in [1.165, 1.54) is 5.56 Å². The van der Waals surface area contributed by atoms with Crippen LogP contribution in [-0.4, -0.2) is 32.0 Å². The van der Waals surface area contributed by atoms with Crippen molar-refractivity contribution in [3.8, 4) is 0 Å². The Hall–Kier alpha value is -2.37. The van der Waals surface area contributed by atoms with Gasteiger partial charge in [0.05, 0.1) is 6.42 Å². The third-order valence-electron chi connectivity index (χ3n) is 4.95. The zero-order valence-electron chi connectivity index (χ0n) is 16.4. The van der Waals surface area contributed by atoms with Crippen LogP contribution in [0.5, 0.6) is 0 Å². The average Bonchev–Trinajstić information content (AvgIpc) is 2.69. The summed E-state index contributed by atoms with van der Waals surface area (Å²) >= 11 is 0. The van der Waals surface area contributed by atoms with Gasteiger partial charge in [-0.1, -0.05) is 37.3 Å². The highest BCUT2D eigenvalue weighted by Gasteiger charge is 2.22. The number of rotatable bonds is 6. The predicted octanol–water partition coefficient (Wildman–Crippen LogP) is 3.42. The molecule has 0 saturated carbocycles. The van der Waals surface area contributed by atoms with Crippen molar-refractivity contribution in [3.05, 3.63) is 59.7 Å². The highest BCUT2D eigenvalue weighted by Crippen LogP contribution is 2.27. The molecule has 2 aromatic carbocycles. The molecular formula is C22H28ClN3O2. The summed E-state index contributed by atoms with van der Waals surface area (Å²) in [7, 11) is 1.83. The molecule has 3 rings (SSSR count). The van der Waals surface area contributed by atoms with Gasteiger partial charge in [-0.05, 0) is 49.2 Å². The number of hydrogen-bond acceptors (Lipinski definition) is 3. The lowest BCUT2D eigenvalue weighted by Crippen LogP contribution is -2.36. The van der Waals surface area contributed by atoms with Crippen LogP contribution in [0.25, 0.3) is 0 Å². The van der Waals surface area contributed by atoms with Gasteiger partial charge in [-0.2, -0.15) is 0 Å². The number of carbonyl (C=O) groups is 2. The van der Waals surface area contributed by atoms with Crippen molar-refractivity contribution in [1.29, 1.82) is 0 Å². The zero-order valence-corrected chi connectivity index (χ0v) is 17.2. The minimum atomic E-state index is -0.101. The lowest BCUT2D eigenvalue weighted by molar-refractivity contribution is -0.119. The van der Waals surface area contributed by atoms with Crippen LogP contribution in [0.4, 0.5) is 11.4 Å². The van der Waals surface area contributed by atoms with Crippen LogP contribution in [0.2, 0.25) is 0 Å². The van der Waals surface area contributed by atoms with E-state index in [1.807, 2.05) is 61.3 Å². The van der Waals surface area contributed by atoms with Crippen LogP contribution >= 0.6 is 12.4 Å². The van der Waals surface area contributed by atoms with Gasteiger partial charge in [0.1, 0.15) is 0 Å². The molecule has 6 heteroatoms. The van der Waals surface area contributed by atoms with Gasteiger partial charge in [0.25, 0.3) is 0 Å². The Morgan fingerprint density at radius 3 is 2.54 bits per heavy atom. The highest BCUT2D eigenvalue weighted by molar-refractivity contribution is 5.96. The molecule has 0 radical (unpaired) electrons. The highest BCUT2D eigenvalue weighted by atomic mass is 35.5. The minimum absolute atomic E-state index is 0. The van der Waals surface area contributed by atoms with Gasteiger partial charge in [0.15, 0.2) is 0 Å². The first kappa shape index (κ1) is 21.9.